The predicted molar refractivity (Wildman–Crippen MR) is 122 cm³/mol. The van der Waals surface area contributed by atoms with E-state index in [4.69, 9.17) is 14.5 Å². The second-order valence-corrected chi connectivity index (χ2v) is 8.02. The van der Waals surface area contributed by atoms with Gasteiger partial charge in [0.1, 0.15) is 5.82 Å². The van der Waals surface area contributed by atoms with Crippen LogP contribution in [0.15, 0.2) is 42.9 Å². The Hall–Kier alpha value is -3.48. The molecule has 7 heteroatoms. The SMILES string of the molecule is COc1ccc(CC(=O)N2CCC[C@@H]2c2nc(C)ncc2-c2ccncc2C)cc1OC. The summed E-state index contributed by atoms with van der Waals surface area (Å²) in [4.78, 5) is 28.8. The quantitative estimate of drug-likeness (QED) is 0.584. The van der Waals surface area contributed by atoms with Gasteiger partial charge in [0.15, 0.2) is 11.5 Å². The fraction of sp³-hybridized carbons (Fsp3) is 0.360. The van der Waals surface area contributed by atoms with Crippen molar-refractivity contribution < 1.29 is 14.3 Å². The van der Waals surface area contributed by atoms with E-state index in [9.17, 15) is 4.79 Å². The van der Waals surface area contributed by atoms with E-state index in [1.807, 2.05) is 55.4 Å². The van der Waals surface area contributed by atoms with E-state index in [0.717, 1.165) is 40.8 Å². The van der Waals surface area contributed by atoms with E-state index in [-0.39, 0.29) is 11.9 Å². The van der Waals surface area contributed by atoms with E-state index in [1.165, 1.54) is 0 Å². The Labute approximate surface area is 188 Å². The molecule has 4 rings (SSSR count). The molecule has 1 aliphatic rings. The molecule has 32 heavy (non-hydrogen) atoms. The van der Waals surface area contributed by atoms with Crippen molar-refractivity contribution in [3.8, 4) is 22.6 Å². The summed E-state index contributed by atoms with van der Waals surface area (Å²) < 4.78 is 10.7. The first-order valence-electron chi connectivity index (χ1n) is 10.8. The lowest BCUT2D eigenvalue weighted by atomic mass is 9.97. The molecule has 0 saturated carbocycles. The van der Waals surface area contributed by atoms with Crippen LogP contribution in [0, 0.1) is 13.8 Å². The van der Waals surface area contributed by atoms with E-state index < -0.39 is 0 Å². The fourth-order valence-electron chi connectivity index (χ4n) is 4.34. The molecule has 0 N–H and O–H groups in total. The maximum absolute atomic E-state index is 13.4. The molecule has 1 atom stereocenters. The third-order valence-corrected chi connectivity index (χ3v) is 5.94. The summed E-state index contributed by atoms with van der Waals surface area (Å²) in [5.41, 5.74) is 4.87. The zero-order chi connectivity index (χ0) is 22.7. The van der Waals surface area contributed by atoms with Crippen molar-refractivity contribution in [1.82, 2.24) is 19.9 Å². The molecular weight excluding hydrogens is 404 g/mol. The summed E-state index contributed by atoms with van der Waals surface area (Å²) >= 11 is 0. The third-order valence-electron chi connectivity index (χ3n) is 5.94. The smallest absolute Gasteiger partial charge is 0.227 e. The summed E-state index contributed by atoms with van der Waals surface area (Å²) in [5, 5.41) is 0. The Balaban J connectivity index is 1.64. The monoisotopic (exact) mass is 432 g/mol. The van der Waals surface area contributed by atoms with Crippen LogP contribution in [-0.4, -0.2) is 46.5 Å². The van der Waals surface area contributed by atoms with E-state index in [0.29, 0.717) is 30.3 Å². The molecule has 1 amide bonds. The van der Waals surface area contributed by atoms with Gasteiger partial charge in [-0.15, -0.1) is 0 Å². The van der Waals surface area contributed by atoms with Crippen molar-refractivity contribution in [2.24, 2.45) is 0 Å². The van der Waals surface area contributed by atoms with Gasteiger partial charge in [-0.3, -0.25) is 9.78 Å². The molecule has 3 heterocycles. The lowest BCUT2D eigenvalue weighted by Crippen LogP contribution is -2.32. The number of ether oxygens (including phenoxy) is 2. The first-order chi connectivity index (χ1) is 15.5. The van der Waals surface area contributed by atoms with E-state index in [2.05, 4.69) is 9.97 Å². The standard InChI is InChI=1S/C25H28N4O3/c1-16-14-26-10-9-19(16)20-15-27-17(2)28-25(20)21-6-5-11-29(21)24(30)13-18-7-8-22(31-3)23(12-18)32-4/h7-10,12,14-15,21H,5-6,11,13H2,1-4H3/t21-/m1/s1. The first-order valence-corrected chi connectivity index (χ1v) is 10.8. The molecule has 0 bridgehead atoms. The van der Waals surface area contributed by atoms with Gasteiger partial charge >= 0.3 is 0 Å². The summed E-state index contributed by atoms with van der Waals surface area (Å²) in [7, 11) is 3.20. The maximum atomic E-state index is 13.4. The largest absolute Gasteiger partial charge is 0.493 e. The van der Waals surface area contributed by atoms with Crippen LogP contribution in [0.2, 0.25) is 0 Å². The number of hydrogen-bond acceptors (Lipinski definition) is 6. The molecule has 1 aliphatic heterocycles. The zero-order valence-corrected chi connectivity index (χ0v) is 19.0. The van der Waals surface area contributed by atoms with Crippen LogP contribution in [-0.2, 0) is 11.2 Å². The highest BCUT2D eigenvalue weighted by Crippen LogP contribution is 2.37. The highest BCUT2D eigenvalue weighted by atomic mass is 16.5. The molecule has 2 aromatic heterocycles. The van der Waals surface area contributed by atoms with Gasteiger partial charge in [-0.25, -0.2) is 9.97 Å². The zero-order valence-electron chi connectivity index (χ0n) is 19.0. The molecule has 0 radical (unpaired) electrons. The van der Waals surface area contributed by atoms with Crippen LogP contribution in [0.5, 0.6) is 11.5 Å². The number of carbonyl (C=O) groups is 1. The van der Waals surface area contributed by atoms with Crippen LogP contribution in [0.4, 0.5) is 0 Å². The second kappa shape index (κ2) is 9.34. The molecule has 7 nitrogen and oxygen atoms in total. The number of amides is 1. The average molecular weight is 433 g/mol. The van der Waals surface area contributed by atoms with Gasteiger partial charge in [0.05, 0.1) is 32.4 Å². The molecule has 0 unspecified atom stereocenters. The Morgan fingerprint density at radius 1 is 1.09 bits per heavy atom. The minimum Gasteiger partial charge on any atom is -0.493 e. The van der Waals surface area contributed by atoms with Gasteiger partial charge in [0, 0.05) is 30.7 Å². The number of carbonyl (C=O) groups excluding carboxylic acids is 1. The van der Waals surface area contributed by atoms with E-state index in [1.54, 1.807) is 20.4 Å². The predicted octanol–water partition coefficient (Wildman–Crippen LogP) is 4.08. The number of benzene rings is 1. The molecule has 1 fully saturated rings. The van der Waals surface area contributed by atoms with Crippen molar-refractivity contribution in [2.75, 3.05) is 20.8 Å². The minimum absolute atomic E-state index is 0.0769. The lowest BCUT2D eigenvalue weighted by molar-refractivity contribution is -0.131. The van der Waals surface area contributed by atoms with Crippen LogP contribution in [0.25, 0.3) is 11.1 Å². The Bertz CT molecular complexity index is 1130. The Morgan fingerprint density at radius 3 is 2.66 bits per heavy atom. The Morgan fingerprint density at radius 2 is 1.91 bits per heavy atom. The van der Waals surface area contributed by atoms with Crippen molar-refractivity contribution >= 4 is 5.91 Å². The third kappa shape index (κ3) is 4.28. The number of rotatable bonds is 6. The summed E-state index contributed by atoms with van der Waals surface area (Å²) in [6.07, 6.45) is 7.61. The molecule has 0 spiro atoms. The van der Waals surface area contributed by atoms with Crippen LogP contribution in [0.3, 0.4) is 0 Å². The lowest BCUT2D eigenvalue weighted by Gasteiger charge is -2.26. The Kier molecular flexibility index (Phi) is 6.35. The first kappa shape index (κ1) is 21.7. The topological polar surface area (TPSA) is 77.4 Å². The van der Waals surface area contributed by atoms with Crippen LogP contribution >= 0.6 is 0 Å². The number of methoxy groups -OCH3 is 2. The van der Waals surface area contributed by atoms with E-state index >= 15 is 0 Å². The molecule has 1 saturated heterocycles. The minimum atomic E-state index is -0.0769. The van der Waals surface area contributed by atoms with Crippen molar-refractivity contribution in [3.05, 3.63) is 65.5 Å². The normalized spacial score (nSPS) is 15.6. The van der Waals surface area contributed by atoms with Gasteiger partial charge in [-0.1, -0.05) is 6.07 Å². The van der Waals surface area contributed by atoms with Crippen LogP contribution in [0.1, 0.15) is 41.5 Å². The number of likely N-dealkylation sites (tertiary alicyclic amines) is 1. The molecule has 166 valence electrons. The average Bonchev–Trinajstić information content (AvgIpc) is 3.29. The highest BCUT2D eigenvalue weighted by Gasteiger charge is 2.33. The van der Waals surface area contributed by atoms with Gasteiger partial charge in [0.25, 0.3) is 0 Å². The molecule has 3 aromatic rings. The van der Waals surface area contributed by atoms with Gasteiger partial charge < -0.3 is 14.4 Å². The fourth-order valence-corrected chi connectivity index (χ4v) is 4.34. The maximum Gasteiger partial charge on any atom is 0.227 e. The van der Waals surface area contributed by atoms with Crippen LogP contribution < -0.4 is 9.47 Å². The highest BCUT2D eigenvalue weighted by molar-refractivity contribution is 5.80. The summed E-state index contributed by atoms with van der Waals surface area (Å²) in [6.45, 7) is 4.63. The van der Waals surface area contributed by atoms with Gasteiger partial charge in [-0.05, 0) is 61.6 Å². The molecule has 1 aromatic carbocycles. The summed E-state index contributed by atoms with van der Waals surface area (Å²) in [5.74, 6) is 2.05. The number of hydrogen-bond donors (Lipinski definition) is 0. The van der Waals surface area contributed by atoms with Gasteiger partial charge in [0.2, 0.25) is 5.91 Å². The summed E-state index contributed by atoms with van der Waals surface area (Å²) in [6, 6.07) is 7.51. The molecule has 0 aliphatic carbocycles. The molecular formula is C25H28N4O3. The van der Waals surface area contributed by atoms with Gasteiger partial charge in [-0.2, -0.15) is 0 Å². The second-order valence-electron chi connectivity index (χ2n) is 8.02. The van der Waals surface area contributed by atoms with Crippen molar-refractivity contribution in [2.45, 2.75) is 39.2 Å². The van der Waals surface area contributed by atoms with Crippen molar-refractivity contribution in [3.63, 3.8) is 0 Å². The van der Waals surface area contributed by atoms with Crippen molar-refractivity contribution in [1.29, 1.82) is 0 Å². The number of nitrogens with zero attached hydrogens (tertiary/aromatic N) is 4. The number of pyridine rings is 1. The number of aryl methyl sites for hydroxylation is 2. The number of aromatic nitrogens is 3.